The van der Waals surface area contributed by atoms with Crippen molar-refractivity contribution in [2.45, 2.75) is 13.3 Å². The molecule has 4 rings (SSSR count). The Balaban J connectivity index is 1.63. The third-order valence-electron chi connectivity index (χ3n) is 3.67. The number of aryl methyl sites for hydroxylation is 1. The fourth-order valence-electron chi connectivity index (χ4n) is 2.61. The Morgan fingerprint density at radius 2 is 2.14 bits per heavy atom. The molecule has 0 saturated heterocycles. The maximum absolute atomic E-state index is 5.29. The highest BCUT2D eigenvalue weighted by molar-refractivity contribution is 7.16. The monoisotopic (exact) mass is 326 g/mol. The summed E-state index contributed by atoms with van der Waals surface area (Å²) in [5.41, 5.74) is 3.58. The molecule has 1 aliphatic rings. The van der Waals surface area contributed by atoms with E-state index in [-0.39, 0.29) is 0 Å². The van der Waals surface area contributed by atoms with Crippen molar-refractivity contribution in [2.75, 3.05) is 7.11 Å². The third kappa shape index (κ3) is 2.36. The van der Waals surface area contributed by atoms with Crippen LogP contribution in [-0.2, 0) is 6.42 Å². The third-order valence-corrected chi connectivity index (χ3v) is 5.57. The van der Waals surface area contributed by atoms with Crippen LogP contribution in [0.1, 0.15) is 20.2 Å². The van der Waals surface area contributed by atoms with E-state index in [2.05, 4.69) is 36.2 Å². The van der Waals surface area contributed by atoms with Crippen LogP contribution in [0.2, 0.25) is 0 Å². The van der Waals surface area contributed by atoms with Crippen molar-refractivity contribution in [3.8, 4) is 17.0 Å². The number of rotatable bonds is 3. The van der Waals surface area contributed by atoms with Gasteiger partial charge in [-0.25, -0.2) is 9.98 Å². The second-order valence-corrected chi connectivity index (χ2v) is 7.56. The molecule has 1 aromatic carbocycles. The number of thiazole rings is 1. The molecular formula is C17H14N2OS2. The Kier molecular flexibility index (Phi) is 3.32. The van der Waals surface area contributed by atoms with Gasteiger partial charge in [-0.15, -0.1) is 11.3 Å². The quantitative estimate of drug-likeness (QED) is 0.505. The number of nitrogens with zero attached hydrogens (tertiary/aromatic N) is 2. The van der Waals surface area contributed by atoms with Gasteiger partial charge in [0.1, 0.15) is 5.75 Å². The SMILES string of the molecule is COc1ccc2c(c1)Cc1sc(N=Cc3ccc(C)s3)nc1-2. The molecule has 0 amide bonds. The van der Waals surface area contributed by atoms with Crippen LogP contribution in [0.3, 0.4) is 0 Å². The first-order valence-corrected chi connectivity index (χ1v) is 8.64. The molecule has 0 spiro atoms. The number of hydrogen-bond acceptors (Lipinski definition) is 5. The van der Waals surface area contributed by atoms with Crippen LogP contribution in [0.15, 0.2) is 35.3 Å². The Bertz CT molecular complexity index is 877. The Hall–Kier alpha value is -1.98. The van der Waals surface area contributed by atoms with Crippen molar-refractivity contribution in [2.24, 2.45) is 4.99 Å². The molecule has 3 aromatic rings. The Morgan fingerprint density at radius 3 is 2.91 bits per heavy atom. The number of benzene rings is 1. The van der Waals surface area contributed by atoms with Crippen molar-refractivity contribution in [1.29, 1.82) is 0 Å². The molecule has 0 saturated carbocycles. The fourth-order valence-corrected chi connectivity index (χ4v) is 4.31. The lowest BCUT2D eigenvalue weighted by atomic mass is 10.1. The number of methoxy groups -OCH3 is 1. The summed E-state index contributed by atoms with van der Waals surface area (Å²) in [4.78, 5) is 13.0. The summed E-state index contributed by atoms with van der Waals surface area (Å²) >= 11 is 3.42. The molecule has 5 heteroatoms. The summed E-state index contributed by atoms with van der Waals surface area (Å²) in [7, 11) is 1.70. The lowest BCUT2D eigenvalue weighted by Crippen LogP contribution is -1.86. The molecule has 0 atom stereocenters. The molecular weight excluding hydrogens is 312 g/mol. The smallest absolute Gasteiger partial charge is 0.209 e. The van der Waals surface area contributed by atoms with Gasteiger partial charge in [-0.05, 0) is 42.8 Å². The van der Waals surface area contributed by atoms with Crippen LogP contribution in [0, 0.1) is 6.92 Å². The van der Waals surface area contributed by atoms with E-state index in [0.29, 0.717) is 0 Å². The van der Waals surface area contributed by atoms with Crippen molar-refractivity contribution in [1.82, 2.24) is 4.98 Å². The molecule has 1 aliphatic carbocycles. The first kappa shape index (κ1) is 13.7. The summed E-state index contributed by atoms with van der Waals surface area (Å²) in [5, 5.41) is 0.831. The van der Waals surface area contributed by atoms with Crippen LogP contribution in [0.5, 0.6) is 5.75 Å². The highest BCUT2D eigenvalue weighted by Gasteiger charge is 2.23. The lowest BCUT2D eigenvalue weighted by Gasteiger charge is -2.03. The molecule has 0 aliphatic heterocycles. The predicted molar refractivity (Wildman–Crippen MR) is 93.2 cm³/mol. The van der Waals surface area contributed by atoms with Gasteiger partial charge in [0.15, 0.2) is 0 Å². The summed E-state index contributed by atoms with van der Waals surface area (Å²) < 4.78 is 5.29. The van der Waals surface area contributed by atoms with Crippen LogP contribution in [0.25, 0.3) is 11.3 Å². The average Bonchev–Trinajstić information content (AvgIpc) is 3.18. The second kappa shape index (κ2) is 5.34. The van der Waals surface area contributed by atoms with Gasteiger partial charge >= 0.3 is 0 Å². The summed E-state index contributed by atoms with van der Waals surface area (Å²) in [6, 6.07) is 10.4. The van der Waals surface area contributed by atoms with E-state index in [4.69, 9.17) is 9.72 Å². The number of hydrogen-bond donors (Lipinski definition) is 0. The van der Waals surface area contributed by atoms with Crippen LogP contribution < -0.4 is 4.74 Å². The maximum atomic E-state index is 5.29. The summed E-state index contributed by atoms with van der Waals surface area (Å²) in [5.74, 6) is 0.903. The normalized spacial score (nSPS) is 12.6. The van der Waals surface area contributed by atoms with E-state index < -0.39 is 0 Å². The largest absolute Gasteiger partial charge is 0.497 e. The van der Waals surface area contributed by atoms with E-state index in [1.165, 1.54) is 20.9 Å². The zero-order valence-electron chi connectivity index (χ0n) is 12.3. The minimum atomic E-state index is 0.831. The van der Waals surface area contributed by atoms with Gasteiger partial charge in [-0.1, -0.05) is 11.3 Å². The summed E-state index contributed by atoms with van der Waals surface area (Å²) in [6.07, 6.45) is 2.83. The maximum Gasteiger partial charge on any atom is 0.209 e. The van der Waals surface area contributed by atoms with Gasteiger partial charge in [0, 0.05) is 32.8 Å². The molecule has 2 heterocycles. The Morgan fingerprint density at radius 1 is 1.23 bits per heavy atom. The molecule has 3 nitrogen and oxygen atoms in total. The highest BCUT2D eigenvalue weighted by atomic mass is 32.1. The van der Waals surface area contributed by atoms with E-state index >= 15 is 0 Å². The second-order valence-electron chi connectivity index (χ2n) is 5.17. The fraction of sp³-hybridized carbons (Fsp3) is 0.176. The van der Waals surface area contributed by atoms with Gasteiger partial charge in [0.2, 0.25) is 5.13 Å². The first-order valence-electron chi connectivity index (χ1n) is 7.00. The molecule has 2 aromatic heterocycles. The molecule has 0 unspecified atom stereocenters. The number of fused-ring (bicyclic) bond motifs is 3. The predicted octanol–water partition coefficient (Wildman–Crippen LogP) is 4.84. The molecule has 110 valence electrons. The van der Waals surface area contributed by atoms with Gasteiger partial charge in [0.05, 0.1) is 12.8 Å². The topological polar surface area (TPSA) is 34.5 Å². The number of ether oxygens (including phenoxy) is 1. The minimum absolute atomic E-state index is 0.831. The minimum Gasteiger partial charge on any atom is -0.497 e. The van der Waals surface area contributed by atoms with Gasteiger partial charge < -0.3 is 4.74 Å². The zero-order chi connectivity index (χ0) is 15.1. The highest BCUT2D eigenvalue weighted by Crippen LogP contribution is 2.42. The van der Waals surface area contributed by atoms with E-state index in [0.717, 1.165) is 27.9 Å². The van der Waals surface area contributed by atoms with Gasteiger partial charge in [-0.2, -0.15) is 0 Å². The molecule has 0 radical (unpaired) electrons. The molecule has 0 bridgehead atoms. The lowest BCUT2D eigenvalue weighted by molar-refractivity contribution is 0.414. The van der Waals surface area contributed by atoms with Crippen LogP contribution in [-0.4, -0.2) is 18.3 Å². The van der Waals surface area contributed by atoms with Gasteiger partial charge in [-0.3, -0.25) is 0 Å². The number of thiophene rings is 1. The number of aromatic nitrogens is 1. The molecule has 22 heavy (non-hydrogen) atoms. The zero-order valence-corrected chi connectivity index (χ0v) is 13.9. The van der Waals surface area contributed by atoms with Crippen molar-refractivity contribution in [3.63, 3.8) is 0 Å². The van der Waals surface area contributed by atoms with Crippen molar-refractivity contribution >= 4 is 34.0 Å². The molecule has 0 N–H and O–H groups in total. The van der Waals surface area contributed by atoms with Crippen molar-refractivity contribution in [3.05, 3.63) is 50.5 Å². The average molecular weight is 326 g/mol. The standard InChI is InChI=1S/C17H14N2OS2/c1-10-3-5-13(21-10)9-18-17-19-16-14-6-4-12(20-2)7-11(14)8-15(16)22-17/h3-7,9H,8H2,1-2H3. The first-order chi connectivity index (χ1) is 10.7. The van der Waals surface area contributed by atoms with Gasteiger partial charge in [0.25, 0.3) is 0 Å². The van der Waals surface area contributed by atoms with E-state index in [9.17, 15) is 0 Å². The Labute approximate surface area is 137 Å². The van der Waals surface area contributed by atoms with Crippen LogP contribution in [0.4, 0.5) is 5.13 Å². The van der Waals surface area contributed by atoms with Crippen LogP contribution >= 0.6 is 22.7 Å². The number of aliphatic imine (C=N–C) groups is 1. The summed E-state index contributed by atoms with van der Waals surface area (Å²) in [6.45, 7) is 2.10. The van der Waals surface area contributed by atoms with E-state index in [1.807, 2.05) is 12.3 Å². The van der Waals surface area contributed by atoms with Crippen molar-refractivity contribution < 1.29 is 4.74 Å². The molecule has 0 fully saturated rings. The van der Waals surface area contributed by atoms with E-state index in [1.54, 1.807) is 29.8 Å².